The van der Waals surface area contributed by atoms with E-state index in [-0.39, 0.29) is 31.1 Å². The second kappa shape index (κ2) is 16.3. The maximum Gasteiger partial charge on any atom is 0.206 e. The monoisotopic (exact) mass is 660 g/mol. The molecule has 4 rings (SSSR count). The zero-order valence-electron chi connectivity index (χ0n) is 25.2. The second-order valence-corrected chi connectivity index (χ2v) is 13.6. The number of sulfone groups is 2. The molecule has 2 N–H and O–H groups in total. The number of allylic oxidation sites excluding steroid dienone is 2. The first-order chi connectivity index (χ1) is 22.0. The normalized spacial score (nSPS) is 11.0. The van der Waals surface area contributed by atoms with Gasteiger partial charge in [0, 0.05) is 0 Å². The molecule has 0 atom stereocenters. The summed E-state index contributed by atoms with van der Waals surface area (Å²) in [7, 11) is -7.31. The lowest BCUT2D eigenvalue weighted by molar-refractivity contribution is 0.363. The van der Waals surface area contributed by atoms with E-state index in [9.17, 15) is 27.0 Å². The first-order valence-corrected chi connectivity index (χ1v) is 17.0. The minimum atomic E-state index is -3.74. The molecule has 0 spiro atoms. The minimum absolute atomic E-state index is 0.0295. The third-order valence-corrected chi connectivity index (χ3v) is 9.99. The fourth-order valence-corrected chi connectivity index (χ4v) is 6.73. The molecule has 0 aliphatic rings. The van der Waals surface area contributed by atoms with Gasteiger partial charge in [0.2, 0.25) is 19.7 Å². The largest absolute Gasteiger partial charge is 0.508 e. The van der Waals surface area contributed by atoms with Crippen molar-refractivity contribution in [1.29, 1.82) is 0 Å². The number of ether oxygens (including phenoxy) is 2. The van der Waals surface area contributed by atoms with Crippen molar-refractivity contribution in [3.8, 4) is 23.0 Å². The predicted molar refractivity (Wildman–Crippen MR) is 179 cm³/mol. The van der Waals surface area contributed by atoms with Gasteiger partial charge < -0.3 is 19.7 Å². The molecule has 0 radical (unpaired) electrons. The molecule has 8 nitrogen and oxygen atoms in total. The Kier molecular flexibility index (Phi) is 12.6. The van der Waals surface area contributed by atoms with Gasteiger partial charge in [-0.15, -0.1) is 13.2 Å². The third kappa shape index (κ3) is 8.99. The fourth-order valence-electron chi connectivity index (χ4n) is 4.11. The molecule has 0 bridgehead atoms. The lowest BCUT2D eigenvalue weighted by Crippen LogP contribution is -2.03. The molecule has 0 aliphatic heterocycles. The van der Waals surface area contributed by atoms with Gasteiger partial charge >= 0.3 is 0 Å². The highest BCUT2D eigenvalue weighted by Crippen LogP contribution is 2.30. The highest BCUT2D eigenvalue weighted by Gasteiger charge is 2.20. The molecule has 0 fully saturated rings. The van der Waals surface area contributed by atoms with Crippen molar-refractivity contribution < 1.29 is 36.5 Å². The number of hydrogen-bond acceptors (Lipinski definition) is 8. The summed E-state index contributed by atoms with van der Waals surface area (Å²) >= 11 is 0. The third-order valence-electron chi connectivity index (χ3n) is 6.45. The summed E-state index contributed by atoms with van der Waals surface area (Å²) in [4.78, 5) is 0.594. The molecule has 0 aromatic heterocycles. The van der Waals surface area contributed by atoms with Gasteiger partial charge in [0.1, 0.15) is 36.2 Å². The Balaban J connectivity index is 0.000000250. The smallest absolute Gasteiger partial charge is 0.206 e. The van der Waals surface area contributed by atoms with Crippen LogP contribution in [0.2, 0.25) is 0 Å². The van der Waals surface area contributed by atoms with Crippen LogP contribution in [0.1, 0.15) is 11.1 Å². The van der Waals surface area contributed by atoms with Crippen molar-refractivity contribution in [3.05, 3.63) is 147 Å². The van der Waals surface area contributed by atoms with Crippen LogP contribution in [0.3, 0.4) is 0 Å². The average Bonchev–Trinajstić information content (AvgIpc) is 3.05. The Morgan fingerprint density at radius 2 is 0.826 bits per heavy atom. The highest BCUT2D eigenvalue weighted by atomic mass is 32.2. The Morgan fingerprint density at radius 1 is 0.500 bits per heavy atom. The summed E-state index contributed by atoms with van der Waals surface area (Å²) in [6.07, 6.45) is 7.17. The second-order valence-electron chi connectivity index (χ2n) is 9.72. The van der Waals surface area contributed by atoms with Crippen LogP contribution < -0.4 is 9.47 Å². The predicted octanol–water partition coefficient (Wildman–Crippen LogP) is 7.04. The van der Waals surface area contributed by atoms with Crippen LogP contribution in [-0.2, 0) is 32.5 Å². The van der Waals surface area contributed by atoms with E-state index >= 15 is 0 Å². The van der Waals surface area contributed by atoms with Gasteiger partial charge in [-0.25, -0.2) is 16.8 Å². The standard InChI is InChI=1S/2C18H18O4S/c1-3-13-21-15-5-9-17(10-6-15)23(19,20)18-11-7-16(8-12-18)22-14-4-2;1-3-5-13-11-15(7-9-17(13)19)23(21,22)16-8-10-18(20)14(12-16)6-4-2/h3-12H,1-2,13-14H2;3-4,7-12,19-20H,1-2,5-6H2. The van der Waals surface area contributed by atoms with Crippen molar-refractivity contribution in [3.63, 3.8) is 0 Å². The van der Waals surface area contributed by atoms with E-state index in [1.807, 2.05) is 0 Å². The van der Waals surface area contributed by atoms with Gasteiger partial charge in [-0.3, -0.25) is 0 Å². The Labute approximate surface area is 270 Å². The summed E-state index contributed by atoms with van der Waals surface area (Å²) in [5.41, 5.74) is 0.984. The van der Waals surface area contributed by atoms with Crippen LogP contribution in [-0.4, -0.2) is 40.3 Å². The van der Waals surface area contributed by atoms with Crippen LogP contribution in [0.15, 0.2) is 155 Å². The number of benzene rings is 4. The molecule has 46 heavy (non-hydrogen) atoms. The van der Waals surface area contributed by atoms with E-state index in [1.165, 1.54) is 60.7 Å². The van der Waals surface area contributed by atoms with Gasteiger partial charge in [-0.2, -0.15) is 0 Å². The van der Waals surface area contributed by atoms with Gasteiger partial charge in [-0.05, 0) is 109 Å². The SMILES string of the molecule is C=CCOc1ccc(S(=O)(=O)c2ccc(OCC=C)cc2)cc1.C=CCc1cc(S(=O)(=O)c2ccc(O)c(CC=C)c2)ccc1O. The lowest BCUT2D eigenvalue weighted by atomic mass is 10.1. The Hall–Kier alpha value is -5.06. The number of rotatable bonds is 14. The quantitative estimate of drug-likeness (QED) is 0.138. The first kappa shape index (κ1) is 35.4. The van der Waals surface area contributed by atoms with Crippen molar-refractivity contribution >= 4 is 19.7 Å². The van der Waals surface area contributed by atoms with Crippen molar-refractivity contribution in [2.75, 3.05) is 13.2 Å². The molecule has 4 aromatic carbocycles. The van der Waals surface area contributed by atoms with E-state index in [1.54, 1.807) is 48.6 Å². The molecule has 4 aromatic rings. The first-order valence-electron chi connectivity index (χ1n) is 14.0. The summed E-state index contributed by atoms with van der Waals surface area (Å²) in [5, 5.41) is 19.5. The highest BCUT2D eigenvalue weighted by molar-refractivity contribution is 7.91. The van der Waals surface area contributed by atoms with Crippen LogP contribution in [0.4, 0.5) is 0 Å². The number of hydrogen-bond donors (Lipinski definition) is 2. The van der Waals surface area contributed by atoms with Crippen molar-refractivity contribution in [2.24, 2.45) is 0 Å². The number of phenols is 2. The average molecular weight is 661 g/mol. The molecule has 0 saturated heterocycles. The molecule has 0 unspecified atom stereocenters. The maximum absolute atomic E-state index is 12.8. The van der Waals surface area contributed by atoms with Crippen molar-refractivity contribution in [1.82, 2.24) is 0 Å². The summed E-state index contributed by atoms with van der Waals surface area (Å²) in [6.45, 7) is 15.1. The van der Waals surface area contributed by atoms with E-state index in [0.29, 0.717) is 48.7 Å². The Morgan fingerprint density at radius 3 is 1.15 bits per heavy atom. The molecular weight excluding hydrogens is 625 g/mol. The molecule has 240 valence electrons. The van der Waals surface area contributed by atoms with E-state index in [2.05, 4.69) is 26.3 Å². The van der Waals surface area contributed by atoms with E-state index in [4.69, 9.17) is 9.47 Å². The summed E-state index contributed by atoms with van der Waals surface area (Å²) in [6, 6.07) is 20.9. The van der Waals surface area contributed by atoms with Gasteiger partial charge in [-0.1, -0.05) is 37.5 Å². The number of phenolic OH excluding ortho intramolecular Hbond substituents is 2. The fraction of sp³-hybridized carbons (Fsp3) is 0.111. The molecule has 0 amide bonds. The van der Waals surface area contributed by atoms with E-state index < -0.39 is 19.7 Å². The zero-order valence-corrected chi connectivity index (χ0v) is 26.8. The number of aromatic hydroxyl groups is 2. The van der Waals surface area contributed by atoms with Crippen LogP contribution in [0, 0.1) is 0 Å². The van der Waals surface area contributed by atoms with Gasteiger partial charge in [0.25, 0.3) is 0 Å². The van der Waals surface area contributed by atoms with Gasteiger partial charge in [0.15, 0.2) is 0 Å². The minimum Gasteiger partial charge on any atom is -0.508 e. The van der Waals surface area contributed by atoms with Crippen LogP contribution in [0.25, 0.3) is 0 Å². The molecule has 0 saturated carbocycles. The summed E-state index contributed by atoms with van der Waals surface area (Å²) < 4.78 is 61.3. The molecule has 10 heteroatoms. The molecular formula is C36H36O8S2. The Bertz CT molecular complexity index is 1770. The maximum atomic E-state index is 12.8. The van der Waals surface area contributed by atoms with Crippen LogP contribution in [0.5, 0.6) is 23.0 Å². The topological polar surface area (TPSA) is 127 Å². The van der Waals surface area contributed by atoms with Crippen LogP contribution >= 0.6 is 0 Å². The van der Waals surface area contributed by atoms with E-state index in [0.717, 1.165) is 0 Å². The molecule has 0 aliphatic carbocycles. The lowest BCUT2D eigenvalue weighted by Gasteiger charge is -2.10. The summed E-state index contributed by atoms with van der Waals surface area (Å²) in [5.74, 6) is 1.25. The molecule has 0 heterocycles. The van der Waals surface area contributed by atoms with Gasteiger partial charge in [0.05, 0.1) is 19.6 Å². The zero-order chi connectivity index (χ0) is 33.7. The van der Waals surface area contributed by atoms with Crippen molar-refractivity contribution in [2.45, 2.75) is 32.4 Å².